The molecule has 0 unspecified atom stereocenters. The molecule has 0 fully saturated rings. The standard InChI is InChI=1S/C11H15NO/c1-3-8-7(2)12-9-5-4-6-10(13)11(8)9/h6,12-13H,3-5H2,1-2H3. The first-order chi connectivity index (χ1) is 6.24. The average Bonchev–Trinajstić information content (AvgIpc) is 2.42. The van der Waals surface area contributed by atoms with Gasteiger partial charge in [0.2, 0.25) is 0 Å². The van der Waals surface area contributed by atoms with Crippen molar-refractivity contribution in [3.05, 3.63) is 28.6 Å². The van der Waals surface area contributed by atoms with Gasteiger partial charge in [0.25, 0.3) is 0 Å². The monoisotopic (exact) mass is 177 g/mol. The van der Waals surface area contributed by atoms with E-state index in [1.54, 1.807) is 0 Å². The van der Waals surface area contributed by atoms with Gasteiger partial charge in [0.15, 0.2) is 0 Å². The maximum atomic E-state index is 9.73. The minimum atomic E-state index is 0.461. The Hall–Kier alpha value is -1.18. The van der Waals surface area contributed by atoms with Gasteiger partial charge in [0.05, 0.1) is 0 Å². The van der Waals surface area contributed by atoms with E-state index in [9.17, 15) is 5.11 Å². The van der Waals surface area contributed by atoms with E-state index < -0.39 is 0 Å². The number of aliphatic hydroxyl groups is 1. The first kappa shape index (κ1) is 8.42. The fraction of sp³-hybridized carbons (Fsp3) is 0.455. The quantitative estimate of drug-likeness (QED) is 0.679. The third-order valence-corrected chi connectivity index (χ3v) is 2.74. The highest BCUT2D eigenvalue weighted by atomic mass is 16.3. The molecule has 70 valence electrons. The number of hydrogen-bond acceptors (Lipinski definition) is 1. The number of hydrogen-bond donors (Lipinski definition) is 2. The third-order valence-electron chi connectivity index (χ3n) is 2.74. The molecule has 1 aromatic rings. The van der Waals surface area contributed by atoms with Crippen LogP contribution in [-0.2, 0) is 12.8 Å². The van der Waals surface area contributed by atoms with Crippen molar-refractivity contribution >= 4 is 5.76 Å². The van der Waals surface area contributed by atoms with Crippen LogP contribution in [0.5, 0.6) is 0 Å². The Morgan fingerprint density at radius 2 is 2.31 bits per heavy atom. The predicted octanol–water partition coefficient (Wildman–Crippen LogP) is 2.73. The number of fused-ring (bicyclic) bond motifs is 1. The van der Waals surface area contributed by atoms with Crippen molar-refractivity contribution in [1.82, 2.24) is 4.98 Å². The molecule has 2 N–H and O–H groups in total. The van der Waals surface area contributed by atoms with Gasteiger partial charge in [-0.3, -0.25) is 0 Å². The highest BCUT2D eigenvalue weighted by Gasteiger charge is 2.19. The zero-order valence-corrected chi connectivity index (χ0v) is 8.15. The van der Waals surface area contributed by atoms with Crippen molar-refractivity contribution in [1.29, 1.82) is 0 Å². The van der Waals surface area contributed by atoms with Gasteiger partial charge >= 0.3 is 0 Å². The van der Waals surface area contributed by atoms with Crippen LogP contribution in [0.1, 0.15) is 35.9 Å². The largest absolute Gasteiger partial charge is 0.508 e. The fourth-order valence-electron chi connectivity index (χ4n) is 2.13. The molecule has 0 amide bonds. The number of aliphatic hydroxyl groups excluding tert-OH is 1. The lowest BCUT2D eigenvalue weighted by Gasteiger charge is -2.10. The van der Waals surface area contributed by atoms with E-state index in [4.69, 9.17) is 0 Å². The van der Waals surface area contributed by atoms with E-state index in [-0.39, 0.29) is 0 Å². The van der Waals surface area contributed by atoms with E-state index in [1.165, 1.54) is 17.0 Å². The molecule has 1 aromatic heterocycles. The van der Waals surface area contributed by atoms with Gasteiger partial charge < -0.3 is 10.1 Å². The SMILES string of the molecule is CCc1c(C)[nH]c2c1C(O)=CCC2. The topological polar surface area (TPSA) is 36.0 Å². The lowest BCUT2D eigenvalue weighted by Crippen LogP contribution is -1.99. The zero-order chi connectivity index (χ0) is 9.42. The molecule has 0 bridgehead atoms. The van der Waals surface area contributed by atoms with Crippen molar-refractivity contribution in [3.8, 4) is 0 Å². The van der Waals surface area contributed by atoms with Crippen LogP contribution in [0.15, 0.2) is 6.08 Å². The van der Waals surface area contributed by atoms with Gasteiger partial charge in [-0.15, -0.1) is 0 Å². The summed E-state index contributed by atoms with van der Waals surface area (Å²) in [5.41, 5.74) is 4.73. The summed E-state index contributed by atoms with van der Waals surface area (Å²) in [5.74, 6) is 0.461. The van der Waals surface area contributed by atoms with E-state index >= 15 is 0 Å². The maximum Gasteiger partial charge on any atom is 0.120 e. The van der Waals surface area contributed by atoms with E-state index in [0.29, 0.717) is 5.76 Å². The molecule has 0 saturated heterocycles. The lowest BCUT2D eigenvalue weighted by molar-refractivity contribution is 0.504. The van der Waals surface area contributed by atoms with Crippen molar-refractivity contribution in [2.24, 2.45) is 0 Å². The van der Waals surface area contributed by atoms with Gasteiger partial charge in [-0.05, 0) is 37.8 Å². The molecule has 1 aliphatic carbocycles. The first-order valence-corrected chi connectivity index (χ1v) is 4.83. The highest BCUT2D eigenvalue weighted by Crippen LogP contribution is 2.29. The van der Waals surface area contributed by atoms with Crippen molar-refractivity contribution in [3.63, 3.8) is 0 Å². The van der Waals surface area contributed by atoms with E-state index in [0.717, 1.165) is 24.8 Å². The Morgan fingerprint density at radius 1 is 1.54 bits per heavy atom. The number of aromatic amines is 1. The summed E-state index contributed by atoms with van der Waals surface area (Å²) < 4.78 is 0. The summed E-state index contributed by atoms with van der Waals surface area (Å²) in [6.45, 7) is 4.20. The number of aromatic nitrogens is 1. The van der Waals surface area contributed by atoms with Crippen LogP contribution in [-0.4, -0.2) is 10.1 Å². The molecular weight excluding hydrogens is 162 g/mol. The molecule has 0 spiro atoms. The van der Waals surface area contributed by atoms with Crippen LogP contribution in [0, 0.1) is 6.92 Å². The van der Waals surface area contributed by atoms with Crippen LogP contribution in [0.4, 0.5) is 0 Å². The average molecular weight is 177 g/mol. The maximum absolute atomic E-state index is 9.73. The Bertz CT molecular complexity index is 360. The van der Waals surface area contributed by atoms with Crippen LogP contribution in [0.3, 0.4) is 0 Å². The van der Waals surface area contributed by atoms with Crippen molar-refractivity contribution in [2.75, 3.05) is 0 Å². The van der Waals surface area contributed by atoms with Crippen molar-refractivity contribution in [2.45, 2.75) is 33.1 Å². The molecule has 2 rings (SSSR count). The van der Waals surface area contributed by atoms with Gasteiger partial charge in [-0.2, -0.15) is 0 Å². The lowest BCUT2D eigenvalue weighted by atomic mass is 9.98. The number of nitrogens with one attached hydrogen (secondary N) is 1. The second-order valence-electron chi connectivity index (χ2n) is 3.56. The van der Waals surface area contributed by atoms with Gasteiger partial charge in [-0.25, -0.2) is 0 Å². The minimum absolute atomic E-state index is 0.461. The molecular formula is C11H15NO. The molecule has 13 heavy (non-hydrogen) atoms. The van der Waals surface area contributed by atoms with Crippen LogP contribution < -0.4 is 0 Å². The molecule has 0 atom stereocenters. The molecule has 1 aliphatic rings. The molecule has 0 radical (unpaired) electrons. The smallest absolute Gasteiger partial charge is 0.120 e. The zero-order valence-electron chi connectivity index (χ0n) is 8.15. The van der Waals surface area contributed by atoms with E-state index in [1.807, 2.05) is 6.08 Å². The molecule has 2 nitrogen and oxygen atoms in total. The first-order valence-electron chi connectivity index (χ1n) is 4.83. The summed E-state index contributed by atoms with van der Waals surface area (Å²) in [5, 5.41) is 9.73. The molecule has 0 aromatic carbocycles. The fourth-order valence-corrected chi connectivity index (χ4v) is 2.13. The molecule has 0 aliphatic heterocycles. The molecule has 2 heteroatoms. The summed E-state index contributed by atoms with van der Waals surface area (Å²) in [6.07, 6.45) is 4.87. The Balaban J connectivity index is 2.61. The number of allylic oxidation sites excluding steroid dienone is 1. The Labute approximate surface area is 78.3 Å². The summed E-state index contributed by atoms with van der Waals surface area (Å²) in [6, 6.07) is 0. The Morgan fingerprint density at radius 3 is 3.00 bits per heavy atom. The molecule has 1 heterocycles. The summed E-state index contributed by atoms with van der Waals surface area (Å²) >= 11 is 0. The summed E-state index contributed by atoms with van der Waals surface area (Å²) in [7, 11) is 0. The molecule has 0 saturated carbocycles. The van der Waals surface area contributed by atoms with E-state index in [2.05, 4.69) is 18.8 Å². The second-order valence-corrected chi connectivity index (χ2v) is 3.56. The third kappa shape index (κ3) is 1.17. The normalized spacial score (nSPS) is 15.4. The van der Waals surface area contributed by atoms with Crippen molar-refractivity contribution < 1.29 is 5.11 Å². The highest BCUT2D eigenvalue weighted by molar-refractivity contribution is 5.67. The summed E-state index contributed by atoms with van der Waals surface area (Å²) in [4.78, 5) is 3.35. The number of rotatable bonds is 1. The van der Waals surface area contributed by atoms with Gasteiger partial charge in [0, 0.05) is 17.0 Å². The number of aryl methyl sites for hydroxylation is 2. The van der Waals surface area contributed by atoms with Gasteiger partial charge in [-0.1, -0.05) is 6.92 Å². The number of H-pyrrole nitrogens is 1. The second kappa shape index (κ2) is 2.95. The van der Waals surface area contributed by atoms with Crippen LogP contribution in [0.2, 0.25) is 0 Å². The Kier molecular flexibility index (Phi) is 1.91. The van der Waals surface area contributed by atoms with Gasteiger partial charge in [0.1, 0.15) is 5.76 Å². The predicted molar refractivity (Wildman–Crippen MR) is 53.8 cm³/mol. The van der Waals surface area contributed by atoms with Crippen LogP contribution in [0.25, 0.3) is 5.76 Å². The minimum Gasteiger partial charge on any atom is -0.508 e. The van der Waals surface area contributed by atoms with Crippen LogP contribution >= 0.6 is 0 Å².